The summed E-state index contributed by atoms with van der Waals surface area (Å²) in [5.41, 5.74) is 8.10. The largest absolute Gasteiger partial charge is 0.329 e. The molecule has 1 aromatic rings. The lowest BCUT2D eigenvalue weighted by atomic mass is 9.86. The van der Waals surface area contributed by atoms with Gasteiger partial charge in [0.1, 0.15) is 0 Å². The summed E-state index contributed by atoms with van der Waals surface area (Å²) in [4.78, 5) is 6.66. The zero-order valence-electron chi connectivity index (χ0n) is 12.5. The van der Waals surface area contributed by atoms with Crippen LogP contribution in [0.3, 0.4) is 0 Å². The maximum absolute atomic E-state index is 6.17. The molecule has 1 saturated carbocycles. The van der Waals surface area contributed by atoms with Crippen LogP contribution < -0.4 is 5.73 Å². The molecule has 1 unspecified atom stereocenters. The first-order valence-corrected chi connectivity index (χ1v) is 7.35. The summed E-state index contributed by atoms with van der Waals surface area (Å²) in [6, 6.07) is 4.21. The van der Waals surface area contributed by atoms with E-state index < -0.39 is 0 Å². The molecule has 0 radical (unpaired) electrons. The molecule has 19 heavy (non-hydrogen) atoms. The van der Waals surface area contributed by atoms with Crippen molar-refractivity contribution in [3.63, 3.8) is 0 Å². The minimum absolute atomic E-state index is 0.182. The molecule has 1 heterocycles. The molecule has 1 aliphatic rings. The summed E-state index contributed by atoms with van der Waals surface area (Å²) in [6.45, 7) is 9.76. The molecule has 0 saturated heterocycles. The standard InChI is InChI=1S/C16H27N3/c1-4-19(11-14-5-9-18-10-6-14)16(13-17)8-7-15(2,3)12-16/h5-6,9-10H,4,7-8,11-13,17H2,1-3H3. The van der Waals surface area contributed by atoms with E-state index >= 15 is 0 Å². The van der Waals surface area contributed by atoms with Gasteiger partial charge in [-0.2, -0.15) is 0 Å². The normalized spacial score (nSPS) is 25.9. The van der Waals surface area contributed by atoms with E-state index in [1.54, 1.807) is 0 Å². The van der Waals surface area contributed by atoms with Gasteiger partial charge in [0, 0.05) is 31.0 Å². The van der Waals surface area contributed by atoms with E-state index in [1.165, 1.54) is 24.8 Å². The van der Waals surface area contributed by atoms with Gasteiger partial charge in [-0.1, -0.05) is 20.8 Å². The number of rotatable bonds is 5. The summed E-state index contributed by atoms with van der Waals surface area (Å²) in [5, 5.41) is 0. The smallest absolute Gasteiger partial charge is 0.0340 e. The number of nitrogens with zero attached hydrogens (tertiary/aromatic N) is 2. The van der Waals surface area contributed by atoms with E-state index in [-0.39, 0.29) is 5.54 Å². The van der Waals surface area contributed by atoms with E-state index in [2.05, 4.69) is 42.8 Å². The number of aromatic nitrogens is 1. The van der Waals surface area contributed by atoms with Crippen LogP contribution >= 0.6 is 0 Å². The fourth-order valence-electron chi connectivity index (χ4n) is 3.54. The minimum Gasteiger partial charge on any atom is -0.329 e. The maximum Gasteiger partial charge on any atom is 0.0340 e. The van der Waals surface area contributed by atoms with Crippen LogP contribution in [0, 0.1) is 5.41 Å². The van der Waals surface area contributed by atoms with Crippen molar-refractivity contribution in [2.45, 2.75) is 52.1 Å². The van der Waals surface area contributed by atoms with Crippen LogP contribution in [-0.2, 0) is 6.54 Å². The lowest BCUT2D eigenvalue weighted by Gasteiger charge is -2.41. The Morgan fingerprint density at radius 3 is 2.42 bits per heavy atom. The van der Waals surface area contributed by atoms with Crippen LogP contribution in [0.5, 0.6) is 0 Å². The zero-order valence-corrected chi connectivity index (χ0v) is 12.5. The quantitative estimate of drug-likeness (QED) is 0.886. The molecule has 1 atom stereocenters. The first kappa shape index (κ1) is 14.5. The molecular formula is C16H27N3. The Morgan fingerprint density at radius 2 is 1.95 bits per heavy atom. The number of hydrogen-bond donors (Lipinski definition) is 1. The molecule has 0 aromatic carbocycles. The molecule has 3 heteroatoms. The van der Waals surface area contributed by atoms with Crippen LogP contribution in [-0.4, -0.2) is 28.5 Å². The van der Waals surface area contributed by atoms with Gasteiger partial charge in [-0.15, -0.1) is 0 Å². The van der Waals surface area contributed by atoms with Crippen molar-refractivity contribution in [1.82, 2.24) is 9.88 Å². The van der Waals surface area contributed by atoms with Gasteiger partial charge in [0.05, 0.1) is 0 Å². The van der Waals surface area contributed by atoms with E-state index in [9.17, 15) is 0 Å². The van der Waals surface area contributed by atoms with E-state index in [1.807, 2.05) is 12.4 Å². The second-order valence-corrected chi connectivity index (χ2v) is 6.64. The molecule has 2 N–H and O–H groups in total. The van der Waals surface area contributed by atoms with Crippen molar-refractivity contribution in [1.29, 1.82) is 0 Å². The second kappa shape index (κ2) is 5.59. The molecule has 106 valence electrons. The molecule has 2 rings (SSSR count). The Bertz CT molecular complexity index is 402. The van der Waals surface area contributed by atoms with Crippen LogP contribution in [0.2, 0.25) is 0 Å². The molecule has 0 amide bonds. The average molecular weight is 261 g/mol. The first-order chi connectivity index (χ1) is 9.01. The van der Waals surface area contributed by atoms with Crippen molar-refractivity contribution in [3.8, 4) is 0 Å². The van der Waals surface area contributed by atoms with Crippen LogP contribution in [0.1, 0.15) is 45.6 Å². The minimum atomic E-state index is 0.182. The van der Waals surface area contributed by atoms with Crippen LogP contribution in [0.25, 0.3) is 0 Å². The number of likely N-dealkylation sites (N-methyl/N-ethyl adjacent to an activating group) is 1. The van der Waals surface area contributed by atoms with Gasteiger partial charge in [0.25, 0.3) is 0 Å². The highest BCUT2D eigenvalue weighted by Gasteiger charge is 2.45. The monoisotopic (exact) mass is 261 g/mol. The van der Waals surface area contributed by atoms with E-state index in [4.69, 9.17) is 5.73 Å². The molecule has 3 nitrogen and oxygen atoms in total. The molecule has 1 aliphatic carbocycles. The third kappa shape index (κ3) is 3.15. The number of hydrogen-bond acceptors (Lipinski definition) is 3. The highest BCUT2D eigenvalue weighted by Crippen LogP contribution is 2.46. The summed E-state index contributed by atoms with van der Waals surface area (Å²) in [5.74, 6) is 0. The van der Waals surface area contributed by atoms with Gasteiger partial charge in [0.2, 0.25) is 0 Å². The van der Waals surface area contributed by atoms with Crippen molar-refractivity contribution in [2.24, 2.45) is 11.1 Å². The molecule has 1 fully saturated rings. The topological polar surface area (TPSA) is 42.2 Å². The summed E-state index contributed by atoms with van der Waals surface area (Å²) in [7, 11) is 0. The van der Waals surface area contributed by atoms with Crippen molar-refractivity contribution >= 4 is 0 Å². The zero-order chi connectivity index (χ0) is 13.9. The fraction of sp³-hybridized carbons (Fsp3) is 0.688. The van der Waals surface area contributed by atoms with Gasteiger partial charge in [-0.25, -0.2) is 0 Å². The van der Waals surface area contributed by atoms with Gasteiger partial charge in [-0.05, 0) is 48.9 Å². The van der Waals surface area contributed by atoms with E-state index in [0.717, 1.165) is 19.6 Å². The summed E-state index contributed by atoms with van der Waals surface area (Å²) < 4.78 is 0. The third-order valence-corrected chi connectivity index (χ3v) is 4.63. The SMILES string of the molecule is CCN(Cc1ccncc1)C1(CN)CCC(C)(C)C1. The molecule has 0 aliphatic heterocycles. The van der Waals surface area contributed by atoms with Crippen LogP contribution in [0.4, 0.5) is 0 Å². The second-order valence-electron chi connectivity index (χ2n) is 6.64. The molecule has 0 bridgehead atoms. The van der Waals surface area contributed by atoms with Crippen molar-refractivity contribution < 1.29 is 0 Å². The third-order valence-electron chi connectivity index (χ3n) is 4.63. The van der Waals surface area contributed by atoms with Gasteiger partial charge < -0.3 is 5.73 Å². The Hall–Kier alpha value is -0.930. The lowest BCUT2D eigenvalue weighted by Crippen LogP contribution is -2.52. The van der Waals surface area contributed by atoms with Crippen LogP contribution in [0.15, 0.2) is 24.5 Å². The van der Waals surface area contributed by atoms with Gasteiger partial charge in [-0.3, -0.25) is 9.88 Å². The Labute approximate surface area is 117 Å². The molecule has 1 aromatic heterocycles. The highest BCUT2D eigenvalue weighted by atomic mass is 15.2. The van der Waals surface area contributed by atoms with E-state index in [0.29, 0.717) is 5.41 Å². The Balaban J connectivity index is 2.16. The Kier molecular flexibility index (Phi) is 4.26. The van der Waals surface area contributed by atoms with Gasteiger partial charge >= 0.3 is 0 Å². The summed E-state index contributed by atoms with van der Waals surface area (Å²) in [6.07, 6.45) is 7.44. The highest BCUT2D eigenvalue weighted by molar-refractivity contribution is 5.12. The Morgan fingerprint density at radius 1 is 1.26 bits per heavy atom. The molecule has 0 spiro atoms. The predicted octanol–water partition coefficient (Wildman–Crippen LogP) is 2.81. The van der Waals surface area contributed by atoms with Crippen molar-refractivity contribution in [3.05, 3.63) is 30.1 Å². The average Bonchev–Trinajstić information content (AvgIpc) is 2.74. The molecular weight excluding hydrogens is 234 g/mol. The summed E-state index contributed by atoms with van der Waals surface area (Å²) >= 11 is 0. The fourth-order valence-corrected chi connectivity index (χ4v) is 3.54. The first-order valence-electron chi connectivity index (χ1n) is 7.35. The maximum atomic E-state index is 6.17. The lowest BCUT2D eigenvalue weighted by molar-refractivity contribution is 0.0865. The van der Waals surface area contributed by atoms with Crippen molar-refractivity contribution in [2.75, 3.05) is 13.1 Å². The number of pyridine rings is 1. The number of nitrogens with two attached hydrogens (primary N) is 1. The van der Waals surface area contributed by atoms with Gasteiger partial charge in [0.15, 0.2) is 0 Å². The predicted molar refractivity (Wildman–Crippen MR) is 79.7 cm³/mol.